The Morgan fingerprint density at radius 3 is 2.35 bits per heavy atom. The van der Waals surface area contributed by atoms with Crippen LogP contribution >= 0.6 is 0 Å². The Balaban J connectivity index is 2.00. The van der Waals surface area contributed by atoms with Gasteiger partial charge < -0.3 is 15.0 Å². The Morgan fingerprint density at radius 2 is 1.76 bits per heavy atom. The van der Waals surface area contributed by atoms with Crippen molar-refractivity contribution in [2.45, 2.75) is 32.9 Å². The molecule has 3 aromatic rings. The lowest BCUT2D eigenvalue weighted by atomic mass is 9.96. The standard InChI is InChI=1S/C24H22N4O6/c1-24(2,3)34-23(29)20-15(11-14-7-5-4-6-8-14)13-26-17-9-10-18(27(30)31)22(28(32)33)16(17)12-19(26)21(20)25/h4-12H,13,25H2,1-3H3/b15-11+. The summed E-state index contributed by atoms with van der Waals surface area (Å²) in [7, 11) is 0. The van der Waals surface area contributed by atoms with Crippen LogP contribution < -0.4 is 5.73 Å². The maximum atomic E-state index is 13.2. The number of fused-ring (bicyclic) bond motifs is 3. The molecule has 1 aliphatic rings. The molecule has 0 bridgehead atoms. The van der Waals surface area contributed by atoms with Crippen molar-refractivity contribution >= 4 is 40.0 Å². The molecular formula is C24H22N4O6. The normalized spacial score (nSPS) is 14.9. The summed E-state index contributed by atoms with van der Waals surface area (Å²) in [5.74, 6) is -0.621. The first-order valence-electron chi connectivity index (χ1n) is 10.4. The van der Waals surface area contributed by atoms with E-state index >= 15 is 0 Å². The fourth-order valence-corrected chi connectivity index (χ4v) is 4.03. The van der Waals surface area contributed by atoms with Crippen LogP contribution in [0.1, 0.15) is 32.0 Å². The van der Waals surface area contributed by atoms with Crippen molar-refractivity contribution in [3.05, 3.63) is 91.2 Å². The van der Waals surface area contributed by atoms with Crippen molar-refractivity contribution in [3.63, 3.8) is 0 Å². The maximum Gasteiger partial charge on any atom is 0.355 e. The van der Waals surface area contributed by atoms with Crippen molar-refractivity contribution in [1.29, 1.82) is 0 Å². The second-order valence-electron chi connectivity index (χ2n) is 8.87. The zero-order valence-electron chi connectivity index (χ0n) is 18.8. The molecule has 2 aromatic carbocycles. The number of nitrogens with two attached hydrogens (primary N) is 1. The summed E-state index contributed by atoms with van der Waals surface area (Å²) < 4.78 is 7.31. The van der Waals surface area contributed by atoms with Crippen molar-refractivity contribution in [2.24, 2.45) is 5.73 Å². The van der Waals surface area contributed by atoms with Gasteiger partial charge in [0.05, 0.1) is 37.7 Å². The largest absolute Gasteiger partial charge is 0.456 e. The Bertz CT molecular complexity index is 1410. The Kier molecular flexibility index (Phi) is 5.44. The van der Waals surface area contributed by atoms with E-state index in [9.17, 15) is 25.0 Å². The maximum absolute atomic E-state index is 13.2. The number of aromatic nitrogens is 1. The van der Waals surface area contributed by atoms with Gasteiger partial charge in [0.25, 0.3) is 0 Å². The van der Waals surface area contributed by atoms with Crippen molar-refractivity contribution < 1.29 is 19.4 Å². The molecule has 0 spiro atoms. The minimum atomic E-state index is -0.791. The molecule has 34 heavy (non-hydrogen) atoms. The summed E-state index contributed by atoms with van der Waals surface area (Å²) in [5, 5.41) is 23.2. The van der Waals surface area contributed by atoms with Crippen LogP contribution in [0.5, 0.6) is 0 Å². The predicted molar refractivity (Wildman–Crippen MR) is 127 cm³/mol. The van der Waals surface area contributed by atoms with Crippen molar-refractivity contribution in [3.8, 4) is 0 Å². The number of nitro groups is 2. The number of rotatable bonds is 4. The highest BCUT2D eigenvalue weighted by molar-refractivity contribution is 6.06. The monoisotopic (exact) mass is 462 g/mol. The third-order valence-electron chi connectivity index (χ3n) is 5.35. The highest BCUT2D eigenvalue weighted by atomic mass is 16.6. The van der Waals surface area contributed by atoms with Gasteiger partial charge in [-0.05, 0) is 50.1 Å². The summed E-state index contributed by atoms with van der Waals surface area (Å²) in [5.41, 5.74) is 6.82. The smallest absolute Gasteiger partial charge is 0.355 e. The molecule has 2 N–H and O–H groups in total. The molecule has 0 aliphatic carbocycles. The van der Waals surface area contributed by atoms with Crippen molar-refractivity contribution in [2.75, 3.05) is 0 Å². The minimum absolute atomic E-state index is 0.0710. The third kappa shape index (κ3) is 4.01. The SMILES string of the molecule is CC(C)(C)OC(=O)C1=C(N)c2cc3c([N+](=O)[O-])c([N+](=O)[O-])ccc3n2C/C1=C\c1ccccc1. The molecule has 1 aliphatic heterocycles. The summed E-state index contributed by atoms with van der Waals surface area (Å²) in [6, 6.07) is 13.3. The quantitative estimate of drug-likeness (QED) is 0.340. The fourth-order valence-electron chi connectivity index (χ4n) is 4.03. The molecule has 4 rings (SSSR count). The molecule has 174 valence electrons. The van der Waals surface area contributed by atoms with Gasteiger partial charge >= 0.3 is 17.3 Å². The fraction of sp³-hybridized carbons (Fsp3) is 0.208. The third-order valence-corrected chi connectivity index (χ3v) is 5.35. The van der Waals surface area contributed by atoms with Crippen LogP contribution in [-0.2, 0) is 16.1 Å². The van der Waals surface area contributed by atoms with E-state index in [0.717, 1.165) is 11.6 Å². The summed E-state index contributed by atoms with van der Waals surface area (Å²) in [4.78, 5) is 34.7. The van der Waals surface area contributed by atoms with Gasteiger partial charge in [0.15, 0.2) is 0 Å². The van der Waals surface area contributed by atoms with Gasteiger partial charge in [0, 0.05) is 12.6 Å². The van der Waals surface area contributed by atoms with Gasteiger partial charge in [-0.2, -0.15) is 0 Å². The Morgan fingerprint density at radius 1 is 1.09 bits per heavy atom. The molecular weight excluding hydrogens is 440 g/mol. The van der Waals surface area contributed by atoms with E-state index in [4.69, 9.17) is 10.5 Å². The first-order valence-corrected chi connectivity index (χ1v) is 10.4. The number of ether oxygens (including phenoxy) is 1. The molecule has 10 heteroatoms. The first-order chi connectivity index (χ1) is 16.0. The van der Waals surface area contributed by atoms with E-state index in [-0.39, 0.29) is 23.2 Å². The molecule has 10 nitrogen and oxygen atoms in total. The molecule has 0 saturated heterocycles. The number of hydrogen-bond donors (Lipinski definition) is 1. The number of carbonyl (C=O) groups is 1. The van der Waals surface area contributed by atoms with Gasteiger partial charge in [-0.3, -0.25) is 20.2 Å². The van der Waals surface area contributed by atoms with Gasteiger partial charge in [-0.15, -0.1) is 0 Å². The number of hydrogen-bond acceptors (Lipinski definition) is 7. The second kappa shape index (κ2) is 8.14. The number of carbonyl (C=O) groups excluding carboxylic acids is 1. The van der Waals surface area contributed by atoms with Gasteiger partial charge in [0.2, 0.25) is 0 Å². The molecule has 1 aromatic heterocycles. The predicted octanol–water partition coefficient (Wildman–Crippen LogP) is 4.57. The van der Waals surface area contributed by atoms with Crippen LogP contribution in [0.2, 0.25) is 0 Å². The van der Waals surface area contributed by atoms with Gasteiger partial charge in [0.1, 0.15) is 5.60 Å². The first kappa shape index (κ1) is 22.7. The molecule has 0 fully saturated rings. The minimum Gasteiger partial charge on any atom is -0.456 e. The Labute approximate surface area is 194 Å². The van der Waals surface area contributed by atoms with E-state index in [1.807, 2.05) is 30.3 Å². The van der Waals surface area contributed by atoms with Crippen LogP contribution in [0, 0.1) is 20.2 Å². The summed E-state index contributed by atoms with van der Waals surface area (Å²) >= 11 is 0. The van der Waals surface area contributed by atoms with E-state index in [0.29, 0.717) is 16.8 Å². The molecule has 2 heterocycles. The number of nitro benzene ring substituents is 2. The lowest BCUT2D eigenvalue weighted by molar-refractivity contribution is -0.421. The zero-order chi connectivity index (χ0) is 24.8. The van der Waals surface area contributed by atoms with Gasteiger partial charge in [-0.25, -0.2) is 4.79 Å². The molecule has 0 atom stereocenters. The molecule has 0 unspecified atom stereocenters. The van der Waals surface area contributed by atoms with Crippen LogP contribution in [0.25, 0.3) is 22.7 Å². The summed E-state index contributed by atoms with van der Waals surface area (Å²) in [6.07, 6.45) is 1.81. The van der Waals surface area contributed by atoms with Crippen LogP contribution in [0.4, 0.5) is 11.4 Å². The van der Waals surface area contributed by atoms with Crippen molar-refractivity contribution in [1.82, 2.24) is 4.57 Å². The number of nitrogens with zero attached hydrogens (tertiary/aromatic N) is 3. The number of benzene rings is 2. The lowest BCUT2D eigenvalue weighted by Gasteiger charge is -2.26. The Hall–Kier alpha value is -4.47. The summed E-state index contributed by atoms with van der Waals surface area (Å²) in [6.45, 7) is 5.39. The highest BCUT2D eigenvalue weighted by Crippen LogP contribution is 2.41. The van der Waals surface area contributed by atoms with Crippen LogP contribution in [0.15, 0.2) is 59.7 Å². The number of esters is 1. The topological polar surface area (TPSA) is 144 Å². The second-order valence-corrected chi connectivity index (χ2v) is 8.87. The van der Waals surface area contributed by atoms with E-state index in [1.165, 1.54) is 12.1 Å². The van der Waals surface area contributed by atoms with Crippen LogP contribution in [-0.4, -0.2) is 26.0 Å². The molecule has 0 amide bonds. The van der Waals surface area contributed by atoms with E-state index in [2.05, 4.69) is 0 Å². The van der Waals surface area contributed by atoms with E-state index < -0.39 is 32.8 Å². The molecule has 0 saturated carbocycles. The lowest BCUT2D eigenvalue weighted by Crippen LogP contribution is -2.29. The average Bonchev–Trinajstić information content (AvgIpc) is 3.11. The average molecular weight is 462 g/mol. The molecule has 0 radical (unpaired) electrons. The van der Waals surface area contributed by atoms with Gasteiger partial charge in [-0.1, -0.05) is 30.3 Å². The van der Waals surface area contributed by atoms with E-state index in [1.54, 1.807) is 31.4 Å². The zero-order valence-corrected chi connectivity index (χ0v) is 18.8. The van der Waals surface area contributed by atoms with Crippen LogP contribution in [0.3, 0.4) is 0 Å². The highest BCUT2D eigenvalue weighted by Gasteiger charge is 2.34.